The van der Waals surface area contributed by atoms with Gasteiger partial charge in [0.25, 0.3) is 12.3 Å². The van der Waals surface area contributed by atoms with Gasteiger partial charge in [-0.2, -0.15) is 17.9 Å². The molecule has 2 aliphatic heterocycles. The molecule has 1 unspecified atom stereocenters. The minimum atomic E-state index is -4.78. The van der Waals surface area contributed by atoms with Crippen LogP contribution in [-0.2, 0) is 26.7 Å². The van der Waals surface area contributed by atoms with E-state index in [2.05, 4.69) is 10.0 Å². The molecule has 4 rings (SSSR count). The van der Waals surface area contributed by atoms with E-state index in [1.165, 1.54) is 12.4 Å². The van der Waals surface area contributed by atoms with E-state index in [9.17, 15) is 49.1 Å². The number of amides is 3. The van der Waals surface area contributed by atoms with Gasteiger partial charge in [-0.05, 0) is 25.1 Å². The largest absolute Gasteiger partial charge is 0.488 e. The minimum Gasteiger partial charge on any atom is -0.488 e. The molecule has 40 heavy (non-hydrogen) atoms. The van der Waals surface area contributed by atoms with Crippen molar-refractivity contribution in [3.05, 3.63) is 41.5 Å². The molecular formula is C22H21F6N5O6S. The summed E-state index contributed by atoms with van der Waals surface area (Å²) in [6.07, 6.45) is -6.89. The zero-order valence-electron chi connectivity index (χ0n) is 20.6. The van der Waals surface area contributed by atoms with E-state index in [1.807, 2.05) is 0 Å². The average Bonchev–Trinajstić information content (AvgIpc) is 3.11. The topological polar surface area (TPSA) is 139 Å². The van der Waals surface area contributed by atoms with E-state index in [0.29, 0.717) is 6.92 Å². The number of hydrogen-bond donors (Lipinski definition) is 3. The number of sulfonamides is 1. The van der Waals surface area contributed by atoms with Gasteiger partial charge in [0.15, 0.2) is 11.4 Å². The Kier molecular flexibility index (Phi) is 7.29. The number of ether oxygens (including phenoxy) is 1. The van der Waals surface area contributed by atoms with Gasteiger partial charge in [-0.15, -0.1) is 0 Å². The molecule has 0 saturated carbocycles. The number of likely N-dealkylation sites (tertiary alicyclic amines) is 1. The van der Waals surface area contributed by atoms with Gasteiger partial charge in [0, 0.05) is 32.0 Å². The van der Waals surface area contributed by atoms with Crippen molar-refractivity contribution < 1.29 is 53.9 Å². The zero-order valence-corrected chi connectivity index (χ0v) is 21.4. The van der Waals surface area contributed by atoms with Crippen molar-refractivity contribution in [1.82, 2.24) is 19.5 Å². The maximum Gasteiger partial charge on any atom is 0.408 e. The number of carbonyl (C=O) groups is 3. The molecule has 1 spiro atoms. The average molecular weight is 597 g/mol. The van der Waals surface area contributed by atoms with Crippen LogP contribution < -0.4 is 20.1 Å². The number of carbonyl (C=O) groups excluding carboxylic acids is 3. The van der Waals surface area contributed by atoms with E-state index >= 15 is 0 Å². The summed E-state index contributed by atoms with van der Waals surface area (Å²) in [4.78, 5) is 37.6. The summed E-state index contributed by atoms with van der Waals surface area (Å²) in [5, 5.41) is 3.81. The van der Waals surface area contributed by atoms with Crippen molar-refractivity contribution in [2.45, 2.75) is 36.0 Å². The highest BCUT2D eigenvalue weighted by Crippen LogP contribution is 2.37. The Hall–Kier alpha value is -3.80. The zero-order chi connectivity index (χ0) is 29.8. The number of halogens is 6. The van der Waals surface area contributed by atoms with Gasteiger partial charge in [0.05, 0.1) is 5.56 Å². The molecule has 0 aliphatic carbocycles. The fraction of sp³-hybridized carbons (Fsp3) is 0.409. The fourth-order valence-corrected chi connectivity index (χ4v) is 5.76. The molecule has 3 heterocycles. The minimum absolute atomic E-state index is 0.200. The van der Waals surface area contributed by atoms with Crippen molar-refractivity contribution in [1.29, 1.82) is 0 Å². The van der Waals surface area contributed by atoms with Crippen molar-refractivity contribution in [2.24, 2.45) is 7.05 Å². The molecule has 2 aliphatic rings. The molecule has 18 heteroatoms. The third kappa shape index (κ3) is 5.45. The Labute approximate surface area is 222 Å². The van der Waals surface area contributed by atoms with Gasteiger partial charge >= 0.3 is 18.0 Å². The molecular weight excluding hydrogens is 576 g/mol. The number of alkyl halides is 5. The number of fused-ring (bicyclic) bond motifs is 1. The Morgan fingerprint density at radius 1 is 1.18 bits per heavy atom. The first kappa shape index (κ1) is 29.2. The first-order valence-corrected chi connectivity index (χ1v) is 12.8. The van der Waals surface area contributed by atoms with E-state index < -0.39 is 93.6 Å². The van der Waals surface area contributed by atoms with Crippen LogP contribution in [0, 0.1) is 5.82 Å². The second kappa shape index (κ2) is 9.99. The molecule has 1 saturated heterocycles. The van der Waals surface area contributed by atoms with Crippen molar-refractivity contribution in [2.75, 3.05) is 25.0 Å². The molecule has 0 bridgehead atoms. The van der Waals surface area contributed by atoms with Crippen LogP contribution in [0.4, 0.5) is 32.0 Å². The molecule has 11 nitrogen and oxygen atoms in total. The first-order chi connectivity index (χ1) is 18.4. The monoisotopic (exact) mass is 597 g/mol. The number of nitrogens with zero attached hydrogens (tertiary/aromatic N) is 2. The summed E-state index contributed by atoms with van der Waals surface area (Å²) in [5.74, 6) is -5.40. The van der Waals surface area contributed by atoms with Crippen LogP contribution in [0.25, 0.3) is 0 Å². The Bertz CT molecular complexity index is 1490. The quantitative estimate of drug-likeness (QED) is 0.362. The van der Waals surface area contributed by atoms with Crippen LogP contribution in [0.2, 0.25) is 0 Å². The first-order valence-electron chi connectivity index (χ1n) is 11.4. The Balaban J connectivity index is 1.51. The summed E-state index contributed by atoms with van der Waals surface area (Å²) in [6, 6.07) is 0.181. The number of aryl methyl sites for hydroxylation is 1. The summed E-state index contributed by atoms with van der Waals surface area (Å²) in [7, 11) is -3.08. The highest BCUT2D eigenvalue weighted by Gasteiger charge is 2.53. The van der Waals surface area contributed by atoms with Gasteiger partial charge in [0.1, 0.15) is 28.9 Å². The van der Waals surface area contributed by atoms with E-state index in [0.717, 1.165) is 33.9 Å². The summed E-state index contributed by atoms with van der Waals surface area (Å²) >= 11 is 0. The van der Waals surface area contributed by atoms with E-state index in [4.69, 9.17) is 4.74 Å². The number of hydrogen-bond acceptors (Lipinski definition) is 6. The van der Waals surface area contributed by atoms with E-state index in [1.54, 1.807) is 0 Å². The maximum absolute atomic E-state index is 13.6. The second-order valence-corrected chi connectivity index (χ2v) is 11.0. The molecule has 1 fully saturated rings. The molecule has 0 radical (unpaired) electrons. The number of anilines is 1. The molecule has 1 aromatic heterocycles. The highest BCUT2D eigenvalue weighted by molar-refractivity contribution is 7.89. The van der Waals surface area contributed by atoms with Crippen LogP contribution in [0.5, 0.6) is 5.75 Å². The smallest absolute Gasteiger partial charge is 0.408 e. The van der Waals surface area contributed by atoms with Gasteiger partial charge in [-0.3, -0.25) is 14.4 Å². The summed E-state index contributed by atoms with van der Waals surface area (Å²) < 4.78 is 113. The lowest BCUT2D eigenvalue weighted by atomic mass is 9.92. The number of rotatable bonds is 4. The predicted octanol–water partition coefficient (Wildman–Crippen LogP) is 1.67. The number of benzene rings is 1. The normalized spacial score (nSPS) is 18.3. The van der Waals surface area contributed by atoms with Crippen LogP contribution in [0.15, 0.2) is 29.3 Å². The van der Waals surface area contributed by atoms with Crippen molar-refractivity contribution in [3.63, 3.8) is 0 Å². The lowest BCUT2D eigenvalue weighted by Gasteiger charge is -2.48. The molecule has 1 aromatic carbocycles. The molecule has 3 N–H and O–H groups in total. The lowest BCUT2D eigenvalue weighted by molar-refractivity contribution is -0.164. The van der Waals surface area contributed by atoms with Crippen molar-refractivity contribution in [3.8, 4) is 5.75 Å². The Morgan fingerprint density at radius 2 is 1.82 bits per heavy atom. The highest BCUT2D eigenvalue weighted by atomic mass is 32.2. The second-order valence-electron chi connectivity index (χ2n) is 9.35. The van der Waals surface area contributed by atoms with Gasteiger partial charge in [-0.25, -0.2) is 21.6 Å². The van der Waals surface area contributed by atoms with Gasteiger partial charge in [0.2, 0.25) is 10.0 Å². The Morgan fingerprint density at radius 3 is 2.42 bits per heavy atom. The van der Waals surface area contributed by atoms with Crippen LogP contribution in [0.3, 0.4) is 0 Å². The summed E-state index contributed by atoms with van der Waals surface area (Å²) in [5.41, 5.74) is -2.95. The maximum atomic E-state index is 13.6. The standard InChI is InChI=1S/C22H21F6N5O6S/c1-10(22(26,27)28)29-19(35)20(36)33-7-21(8-33)9-39-16-14(40(37,38)31-21)6-32(2)15(16)18(34)30-11-3-4-13(23)12(5-11)17(24)25/h3-6,10,17,31H,7-9H2,1-2H3,(H,29,35)(H,30,34). The predicted molar refractivity (Wildman–Crippen MR) is 124 cm³/mol. The molecule has 1 atom stereocenters. The molecule has 3 amide bonds. The number of aromatic nitrogens is 1. The van der Waals surface area contributed by atoms with Crippen LogP contribution in [-0.4, -0.2) is 73.1 Å². The van der Waals surface area contributed by atoms with Gasteiger partial charge in [-0.1, -0.05) is 0 Å². The molecule has 218 valence electrons. The third-order valence-corrected chi connectivity index (χ3v) is 7.82. The SMILES string of the molecule is CC(NC(=O)C(=O)N1CC2(COc3c(cn(C)c3C(=O)Nc3ccc(F)c(C(F)F)c3)S(=O)(=O)N2)C1)C(F)(F)F. The molecule has 2 aromatic rings. The van der Waals surface area contributed by atoms with Gasteiger partial charge < -0.3 is 24.8 Å². The number of nitrogens with one attached hydrogen (secondary N) is 3. The lowest BCUT2D eigenvalue weighted by Crippen LogP contribution is -2.74. The van der Waals surface area contributed by atoms with E-state index in [-0.39, 0.29) is 11.4 Å². The summed E-state index contributed by atoms with van der Waals surface area (Å²) in [6.45, 7) is -0.652. The van der Waals surface area contributed by atoms with Crippen molar-refractivity contribution >= 4 is 33.4 Å². The van der Waals surface area contributed by atoms with Crippen LogP contribution >= 0.6 is 0 Å². The third-order valence-electron chi connectivity index (χ3n) is 6.25. The van der Waals surface area contributed by atoms with Crippen LogP contribution in [0.1, 0.15) is 29.4 Å². The fourth-order valence-electron chi connectivity index (χ4n) is 4.20.